The van der Waals surface area contributed by atoms with Gasteiger partial charge in [0.25, 0.3) is 0 Å². The van der Waals surface area contributed by atoms with Gasteiger partial charge in [-0.25, -0.2) is 9.78 Å². The van der Waals surface area contributed by atoms with Gasteiger partial charge in [0.1, 0.15) is 5.82 Å². The lowest BCUT2D eigenvalue weighted by molar-refractivity contribution is 0.210. The van der Waals surface area contributed by atoms with Crippen LogP contribution in [0.1, 0.15) is 0 Å². The highest BCUT2D eigenvalue weighted by molar-refractivity contribution is 5.68. The van der Waals surface area contributed by atoms with E-state index in [4.69, 9.17) is 10.5 Å². The normalized spacial score (nSPS) is 9.65. The van der Waals surface area contributed by atoms with Gasteiger partial charge in [-0.1, -0.05) is 6.07 Å². The van der Waals surface area contributed by atoms with Crippen LogP contribution in [-0.2, 0) is 0 Å². The molecule has 2 aromatic rings. The Bertz CT molecular complexity index is 516. The van der Waals surface area contributed by atoms with Gasteiger partial charge in [-0.2, -0.15) is 0 Å². The third-order valence-corrected chi connectivity index (χ3v) is 1.87. The van der Waals surface area contributed by atoms with E-state index in [1.54, 1.807) is 18.5 Å². The fourth-order valence-electron chi connectivity index (χ4n) is 1.24. The van der Waals surface area contributed by atoms with E-state index in [0.29, 0.717) is 11.5 Å². The minimum Gasteiger partial charge on any atom is -0.409 e. The monoisotopic (exact) mass is 230 g/mol. The van der Waals surface area contributed by atoms with E-state index >= 15 is 0 Å². The number of amides is 1. The Kier molecular flexibility index (Phi) is 3.15. The molecule has 0 aliphatic rings. The molecule has 0 aliphatic heterocycles. The molecule has 0 unspecified atom stereocenters. The van der Waals surface area contributed by atoms with Crippen molar-refractivity contribution in [2.24, 2.45) is 5.73 Å². The van der Waals surface area contributed by atoms with Gasteiger partial charge in [-0.3, -0.25) is 4.98 Å². The van der Waals surface area contributed by atoms with Crippen molar-refractivity contribution < 1.29 is 9.53 Å². The number of aromatic nitrogens is 2. The second-order valence-electron chi connectivity index (χ2n) is 3.17. The summed E-state index contributed by atoms with van der Waals surface area (Å²) in [6.45, 7) is 0. The summed E-state index contributed by atoms with van der Waals surface area (Å²) >= 11 is 0. The molecule has 17 heavy (non-hydrogen) atoms. The number of ether oxygens (including phenoxy) is 1. The first kappa shape index (κ1) is 10.9. The molecule has 86 valence electrons. The van der Waals surface area contributed by atoms with Crippen molar-refractivity contribution in [2.75, 3.05) is 5.32 Å². The van der Waals surface area contributed by atoms with Crippen molar-refractivity contribution >= 4 is 17.6 Å². The van der Waals surface area contributed by atoms with Gasteiger partial charge in [-0.05, 0) is 12.1 Å². The summed E-state index contributed by atoms with van der Waals surface area (Å²) in [5.74, 6) is 0.948. The number of rotatable bonds is 3. The largest absolute Gasteiger partial charge is 0.410 e. The van der Waals surface area contributed by atoms with Crippen LogP contribution in [0.3, 0.4) is 0 Å². The predicted octanol–water partition coefficient (Wildman–Crippen LogP) is 1.68. The van der Waals surface area contributed by atoms with Gasteiger partial charge in [0.15, 0.2) is 5.75 Å². The molecule has 0 aliphatic carbocycles. The van der Waals surface area contributed by atoms with E-state index in [1.165, 1.54) is 6.20 Å². The molecule has 6 nitrogen and oxygen atoms in total. The number of nitrogens with two attached hydrogens (primary N) is 1. The Morgan fingerprint density at radius 3 is 2.94 bits per heavy atom. The lowest BCUT2D eigenvalue weighted by Gasteiger charge is -2.06. The summed E-state index contributed by atoms with van der Waals surface area (Å²) in [5.41, 5.74) is 5.56. The first-order valence-corrected chi connectivity index (χ1v) is 4.84. The van der Waals surface area contributed by atoms with Crippen molar-refractivity contribution in [3.8, 4) is 5.75 Å². The van der Waals surface area contributed by atoms with Crippen LogP contribution in [0.2, 0.25) is 0 Å². The fourth-order valence-corrected chi connectivity index (χ4v) is 1.24. The Balaban J connectivity index is 2.14. The van der Waals surface area contributed by atoms with E-state index in [2.05, 4.69) is 15.3 Å². The Morgan fingerprint density at radius 1 is 1.35 bits per heavy atom. The number of carbonyl (C=O) groups excluding carboxylic acids is 1. The highest BCUT2D eigenvalue weighted by Gasteiger charge is 2.01. The SMILES string of the molecule is NC(=O)Oc1cncc(Nc2ccccn2)c1. The second-order valence-corrected chi connectivity index (χ2v) is 3.17. The van der Waals surface area contributed by atoms with E-state index < -0.39 is 6.09 Å². The number of carbonyl (C=O) groups is 1. The van der Waals surface area contributed by atoms with Crippen LogP contribution >= 0.6 is 0 Å². The highest BCUT2D eigenvalue weighted by Crippen LogP contribution is 2.18. The molecule has 0 bridgehead atoms. The summed E-state index contributed by atoms with van der Waals surface area (Å²) in [6, 6.07) is 7.08. The second kappa shape index (κ2) is 4.93. The first-order valence-electron chi connectivity index (χ1n) is 4.84. The maximum atomic E-state index is 10.6. The van der Waals surface area contributed by atoms with Crippen molar-refractivity contribution in [2.45, 2.75) is 0 Å². The molecule has 2 rings (SSSR count). The predicted molar refractivity (Wildman–Crippen MR) is 62.0 cm³/mol. The van der Waals surface area contributed by atoms with Crippen molar-refractivity contribution in [3.05, 3.63) is 42.9 Å². The molecule has 0 saturated heterocycles. The Morgan fingerprint density at radius 2 is 2.24 bits per heavy atom. The smallest absolute Gasteiger partial charge is 0.409 e. The molecule has 2 heterocycles. The van der Waals surface area contributed by atoms with Crippen LogP contribution in [0.15, 0.2) is 42.9 Å². The standard InChI is InChI=1S/C11H10N4O2/c12-11(16)17-9-5-8(6-13-7-9)15-10-3-1-2-4-14-10/h1-7H,(H2,12,16)(H,14,15). The number of hydrogen-bond acceptors (Lipinski definition) is 5. The molecule has 3 N–H and O–H groups in total. The van der Waals surface area contributed by atoms with Crippen molar-refractivity contribution in [1.82, 2.24) is 9.97 Å². The van der Waals surface area contributed by atoms with Gasteiger partial charge in [0.05, 0.1) is 18.1 Å². The van der Waals surface area contributed by atoms with Crippen LogP contribution in [-0.4, -0.2) is 16.1 Å². The minimum atomic E-state index is -0.873. The average Bonchev–Trinajstić information content (AvgIpc) is 2.30. The maximum absolute atomic E-state index is 10.6. The van der Waals surface area contributed by atoms with Gasteiger partial charge in [-0.15, -0.1) is 0 Å². The summed E-state index contributed by atoms with van der Waals surface area (Å²) < 4.78 is 4.71. The molecule has 2 aromatic heterocycles. The number of anilines is 2. The molecule has 0 spiro atoms. The van der Waals surface area contributed by atoms with Crippen LogP contribution in [0.25, 0.3) is 0 Å². The van der Waals surface area contributed by atoms with Crippen LogP contribution in [0.5, 0.6) is 5.75 Å². The van der Waals surface area contributed by atoms with Gasteiger partial charge in [0.2, 0.25) is 0 Å². The molecule has 0 fully saturated rings. The number of hydrogen-bond donors (Lipinski definition) is 2. The topological polar surface area (TPSA) is 90.1 Å². The minimum absolute atomic E-state index is 0.276. The van der Waals surface area contributed by atoms with E-state index in [9.17, 15) is 4.79 Å². The van der Waals surface area contributed by atoms with Crippen LogP contribution in [0, 0.1) is 0 Å². The highest BCUT2D eigenvalue weighted by atomic mass is 16.5. The van der Waals surface area contributed by atoms with Crippen LogP contribution in [0.4, 0.5) is 16.3 Å². The Hall–Kier alpha value is -2.63. The quantitative estimate of drug-likeness (QED) is 0.837. The molecule has 0 aromatic carbocycles. The molecular weight excluding hydrogens is 220 g/mol. The average molecular weight is 230 g/mol. The third-order valence-electron chi connectivity index (χ3n) is 1.87. The van der Waals surface area contributed by atoms with E-state index in [1.807, 2.05) is 18.2 Å². The van der Waals surface area contributed by atoms with Gasteiger partial charge >= 0.3 is 6.09 Å². The molecule has 0 radical (unpaired) electrons. The van der Waals surface area contributed by atoms with E-state index in [-0.39, 0.29) is 5.75 Å². The van der Waals surface area contributed by atoms with Gasteiger partial charge < -0.3 is 15.8 Å². The lowest BCUT2D eigenvalue weighted by atomic mass is 10.4. The van der Waals surface area contributed by atoms with E-state index in [0.717, 1.165) is 0 Å². The van der Waals surface area contributed by atoms with Gasteiger partial charge in [0, 0.05) is 12.3 Å². The number of nitrogens with zero attached hydrogens (tertiary/aromatic N) is 2. The molecule has 6 heteroatoms. The molecular formula is C11H10N4O2. The zero-order valence-electron chi connectivity index (χ0n) is 8.83. The molecule has 0 atom stereocenters. The summed E-state index contributed by atoms with van der Waals surface area (Å²) in [6.07, 6.45) is 3.78. The summed E-state index contributed by atoms with van der Waals surface area (Å²) in [7, 11) is 0. The van der Waals surface area contributed by atoms with Crippen LogP contribution < -0.4 is 15.8 Å². The number of pyridine rings is 2. The van der Waals surface area contributed by atoms with Crippen molar-refractivity contribution in [3.63, 3.8) is 0 Å². The molecule has 0 saturated carbocycles. The first-order chi connectivity index (χ1) is 8.24. The number of primary amides is 1. The molecule has 1 amide bonds. The summed E-state index contributed by atoms with van der Waals surface area (Å²) in [4.78, 5) is 18.6. The fraction of sp³-hybridized carbons (Fsp3) is 0. The maximum Gasteiger partial charge on any atom is 0.410 e. The zero-order valence-corrected chi connectivity index (χ0v) is 8.83. The summed E-state index contributed by atoms with van der Waals surface area (Å²) in [5, 5.41) is 3.01. The lowest BCUT2D eigenvalue weighted by Crippen LogP contribution is -2.16. The zero-order chi connectivity index (χ0) is 12.1. The number of nitrogens with one attached hydrogen (secondary N) is 1. The Labute approximate surface area is 97.5 Å². The van der Waals surface area contributed by atoms with Crippen molar-refractivity contribution in [1.29, 1.82) is 0 Å². The third kappa shape index (κ3) is 3.16.